The van der Waals surface area contributed by atoms with E-state index >= 15 is 0 Å². The molecule has 1 heterocycles. The minimum Gasteiger partial charge on any atom is -0.454 e. The first-order chi connectivity index (χ1) is 13.0. The maximum Gasteiger partial charge on any atom is 0.280 e. The van der Waals surface area contributed by atoms with Crippen LogP contribution in [0, 0.1) is 15.9 Å². The van der Waals surface area contributed by atoms with Gasteiger partial charge in [0.15, 0.2) is 11.5 Å². The highest BCUT2D eigenvalue weighted by molar-refractivity contribution is 5.92. The number of benzene rings is 2. The van der Waals surface area contributed by atoms with Crippen molar-refractivity contribution in [3.8, 4) is 11.5 Å². The van der Waals surface area contributed by atoms with Gasteiger partial charge in [0.2, 0.25) is 12.7 Å². The molecule has 1 aliphatic heterocycles. The van der Waals surface area contributed by atoms with E-state index in [1.54, 1.807) is 19.1 Å². The third kappa shape index (κ3) is 4.22. The van der Waals surface area contributed by atoms with Gasteiger partial charge in [0.05, 0.1) is 16.6 Å². The number of rotatable bonds is 6. The normalized spacial score (nSPS) is 12.4. The summed E-state index contributed by atoms with van der Waals surface area (Å²) in [5.74, 6) is -0.0254. The largest absolute Gasteiger partial charge is 0.454 e. The van der Waals surface area contributed by atoms with Crippen molar-refractivity contribution < 1.29 is 23.6 Å². The molecule has 0 saturated heterocycles. The fourth-order valence-electron chi connectivity index (χ4n) is 2.71. The van der Waals surface area contributed by atoms with Crippen molar-refractivity contribution in [2.75, 3.05) is 13.3 Å². The van der Waals surface area contributed by atoms with Gasteiger partial charge in [-0.05, 0) is 36.8 Å². The Bertz CT molecular complexity index is 913. The van der Waals surface area contributed by atoms with Crippen LogP contribution in [0.1, 0.15) is 18.1 Å². The molecule has 0 bridgehead atoms. The lowest BCUT2D eigenvalue weighted by molar-refractivity contribution is -0.385. The van der Waals surface area contributed by atoms with Crippen LogP contribution in [0.3, 0.4) is 0 Å². The van der Waals surface area contributed by atoms with E-state index in [0.29, 0.717) is 23.6 Å². The monoisotopic (exact) mass is 372 g/mol. The van der Waals surface area contributed by atoms with Crippen molar-refractivity contribution in [1.82, 2.24) is 4.90 Å². The number of nitro groups is 1. The fourth-order valence-corrected chi connectivity index (χ4v) is 2.71. The number of ether oxygens (including phenoxy) is 2. The van der Waals surface area contributed by atoms with Crippen LogP contribution >= 0.6 is 0 Å². The molecule has 2 aromatic rings. The van der Waals surface area contributed by atoms with E-state index in [4.69, 9.17) is 9.47 Å². The zero-order chi connectivity index (χ0) is 19.4. The van der Waals surface area contributed by atoms with E-state index in [0.717, 1.165) is 0 Å². The number of fused-ring (bicyclic) bond motifs is 1. The molecule has 3 rings (SSSR count). The number of hydrogen-bond acceptors (Lipinski definition) is 5. The summed E-state index contributed by atoms with van der Waals surface area (Å²) in [4.78, 5) is 24.7. The van der Waals surface area contributed by atoms with Crippen LogP contribution in [0.5, 0.6) is 11.5 Å². The van der Waals surface area contributed by atoms with Crippen molar-refractivity contribution >= 4 is 17.7 Å². The number of carbonyl (C=O) groups excluding carboxylic acids is 1. The highest BCUT2D eigenvalue weighted by Crippen LogP contribution is 2.38. The lowest BCUT2D eigenvalue weighted by atomic mass is 10.1. The maximum atomic E-state index is 13.3. The smallest absolute Gasteiger partial charge is 0.280 e. The highest BCUT2D eigenvalue weighted by Gasteiger charge is 2.22. The summed E-state index contributed by atoms with van der Waals surface area (Å²) in [7, 11) is 0. The van der Waals surface area contributed by atoms with Gasteiger partial charge in [0.25, 0.3) is 5.69 Å². The first kappa shape index (κ1) is 18.4. The van der Waals surface area contributed by atoms with Crippen LogP contribution in [0.2, 0.25) is 0 Å². The van der Waals surface area contributed by atoms with E-state index in [1.807, 2.05) is 0 Å². The van der Waals surface area contributed by atoms with E-state index in [1.165, 1.54) is 41.3 Å². The molecule has 0 aromatic heterocycles. The lowest BCUT2D eigenvalue weighted by Gasteiger charge is -2.19. The van der Waals surface area contributed by atoms with Crippen LogP contribution in [0.25, 0.3) is 6.08 Å². The molecule has 7 nitrogen and oxygen atoms in total. The molecule has 0 radical (unpaired) electrons. The maximum absolute atomic E-state index is 13.3. The zero-order valence-corrected chi connectivity index (χ0v) is 14.6. The molecule has 1 amide bonds. The third-order valence-electron chi connectivity index (χ3n) is 4.08. The predicted octanol–water partition coefficient (Wildman–Crippen LogP) is 3.52. The Hall–Kier alpha value is -3.42. The lowest BCUT2D eigenvalue weighted by Crippen LogP contribution is -2.28. The van der Waals surface area contributed by atoms with Gasteiger partial charge in [-0.2, -0.15) is 0 Å². The van der Waals surface area contributed by atoms with Gasteiger partial charge < -0.3 is 14.4 Å². The Labute approximate surface area is 154 Å². The van der Waals surface area contributed by atoms with Gasteiger partial charge >= 0.3 is 0 Å². The van der Waals surface area contributed by atoms with E-state index < -0.39 is 4.92 Å². The van der Waals surface area contributed by atoms with Crippen molar-refractivity contribution in [2.45, 2.75) is 13.5 Å². The summed E-state index contributed by atoms with van der Waals surface area (Å²) >= 11 is 0. The Balaban J connectivity index is 1.80. The highest BCUT2D eigenvalue weighted by atomic mass is 19.1. The number of amides is 1. The average molecular weight is 372 g/mol. The summed E-state index contributed by atoms with van der Waals surface area (Å²) in [5.41, 5.74) is 0.712. The van der Waals surface area contributed by atoms with Crippen molar-refractivity contribution in [3.63, 3.8) is 0 Å². The first-order valence-electron chi connectivity index (χ1n) is 8.27. The van der Waals surface area contributed by atoms with Crippen LogP contribution < -0.4 is 9.47 Å². The van der Waals surface area contributed by atoms with Crippen molar-refractivity contribution in [2.24, 2.45) is 0 Å². The van der Waals surface area contributed by atoms with Crippen LogP contribution in [-0.4, -0.2) is 29.1 Å². The second-order valence-electron chi connectivity index (χ2n) is 5.84. The number of nitrogens with zero attached hydrogens (tertiary/aromatic N) is 2. The van der Waals surface area contributed by atoms with Crippen molar-refractivity contribution in [3.05, 3.63) is 69.5 Å². The molecular formula is C19H17FN2O5. The molecule has 2 aromatic carbocycles. The topological polar surface area (TPSA) is 81.9 Å². The quantitative estimate of drug-likeness (QED) is 0.440. The second-order valence-corrected chi connectivity index (χ2v) is 5.84. The first-order valence-corrected chi connectivity index (χ1v) is 8.27. The van der Waals surface area contributed by atoms with Gasteiger partial charge in [-0.3, -0.25) is 14.9 Å². The molecule has 0 fully saturated rings. The number of nitro benzene ring substituents is 1. The standard InChI is InChI=1S/C19H17FN2O5/c1-2-21(11-13-4-3-5-15(20)8-13)19(23)7-6-14-9-17-18(27-12-26-17)10-16(14)22(24)25/h3-10H,2,11-12H2,1H3/b7-6+. The second kappa shape index (κ2) is 7.86. The van der Waals surface area contributed by atoms with Gasteiger partial charge in [-0.15, -0.1) is 0 Å². The minimum absolute atomic E-state index is 0.00413. The predicted molar refractivity (Wildman–Crippen MR) is 95.7 cm³/mol. The summed E-state index contributed by atoms with van der Waals surface area (Å²) in [6, 6.07) is 8.74. The zero-order valence-electron chi connectivity index (χ0n) is 14.6. The van der Waals surface area contributed by atoms with E-state index in [2.05, 4.69) is 0 Å². The van der Waals surface area contributed by atoms with Crippen LogP contribution in [0.15, 0.2) is 42.5 Å². The molecule has 0 aliphatic carbocycles. The van der Waals surface area contributed by atoms with Gasteiger partial charge in [-0.1, -0.05) is 12.1 Å². The molecule has 0 atom stereocenters. The average Bonchev–Trinajstić information content (AvgIpc) is 3.10. The third-order valence-corrected chi connectivity index (χ3v) is 4.08. The molecule has 1 aliphatic rings. The Kier molecular flexibility index (Phi) is 5.35. The minimum atomic E-state index is -0.545. The SMILES string of the molecule is CCN(Cc1cccc(F)c1)C(=O)/C=C/c1cc2c(cc1[N+](=O)[O-])OCO2. The number of carbonyl (C=O) groups is 1. The Morgan fingerprint density at radius 1 is 1.30 bits per heavy atom. The summed E-state index contributed by atoms with van der Waals surface area (Å²) in [5, 5.41) is 11.3. The Morgan fingerprint density at radius 2 is 2.04 bits per heavy atom. The fraction of sp³-hybridized carbons (Fsp3) is 0.211. The van der Waals surface area contributed by atoms with E-state index in [-0.39, 0.29) is 36.3 Å². The van der Waals surface area contributed by atoms with Gasteiger partial charge in [-0.25, -0.2) is 4.39 Å². The van der Waals surface area contributed by atoms with Crippen LogP contribution in [0.4, 0.5) is 10.1 Å². The number of likely N-dealkylation sites (N-methyl/N-ethyl adjacent to an activating group) is 1. The summed E-state index contributed by atoms with van der Waals surface area (Å²) < 4.78 is 23.7. The Morgan fingerprint density at radius 3 is 2.70 bits per heavy atom. The molecule has 0 unspecified atom stereocenters. The molecule has 27 heavy (non-hydrogen) atoms. The molecule has 8 heteroatoms. The summed E-state index contributed by atoms with van der Waals surface area (Å²) in [6.07, 6.45) is 2.63. The summed E-state index contributed by atoms with van der Waals surface area (Å²) in [6.45, 7) is 2.44. The van der Waals surface area contributed by atoms with Crippen molar-refractivity contribution in [1.29, 1.82) is 0 Å². The number of halogens is 1. The van der Waals surface area contributed by atoms with Crippen LogP contribution in [-0.2, 0) is 11.3 Å². The number of hydrogen-bond donors (Lipinski definition) is 0. The van der Waals surface area contributed by atoms with Gasteiger partial charge in [0.1, 0.15) is 5.82 Å². The molecular weight excluding hydrogens is 355 g/mol. The van der Waals surface area contributed by atoms with Gasteiger partial charge in [0, 0.05) is 19.2 Å². The molecule has 0 N–H and O–H groups in total. The molecule has 0 spiro atoms. The van der Waals surface area contributed by atoms with E-state index in [9.17, 15) is 19.3 Å². The molecule has 140 valence electrons. The molecule has 0 saturated carbocycles.